The number of nitrogens with zero attached hydrogens (tertiary/aromatic N) is 2. The number of nitrogens with one attached hydrogen (secondary N) is 2. The molecule has 0 unspecified atom stereocenters. The highest BCUT2D eigenvalue weighted by Gasteiger charge is 2.32. The fraction of sp³-hybridized carbons (Fsp3) is 0.938. The van der Waals surface area contributed by atoms with Crippen LogP contribution in [0.3, 0.4) is 0 Å². The number of halogens is 1. The number of ether oxygens (including phenoxy) is 3. The lowest BCUT2D eigenvalue weighted by Gasteiger charge is -2.36. The van der Waals surface area contributed by atoms with Crippen molar-refractivity contribution in [3.8, 4) is 0 Å². The Bertz CT molecular complexity index is 339. The van der Waals surface area contributed by atoms with Gasteiger partial charge in [-0.2, -0.15) is 0 Å². The first-order valence-corrected chi connectivity index (χ1v) is 8.40. The molecule has 0 spiro atoms. The molecule has 1 aliphatic rings. The van der Waals surface area contributed by atoms with Crippen LogP contribution in [0, 0.1) is 0 Å². The smallest absolute Gasteiger partial charge is 0.191 e. The molecule has 2 N–H and O–H groups in total. The second kappa shape index (κ2) is 14.1. The van der Waals surface area contributed by atoms with Crippen LogP contribution in [0.1, 0.15) is 19.3 Å². The first-order chi connectivity index (χ1) is 11.2. The van der Waals surface area contributed by atoms with Crippen molar-refractivity contribution in [2.24, 2.45) is 4.99 Å². The lowest BCUT2D eigenvalue weighted by Crippen LogP contribution is -2.51. The Kier molecular flexibility index (Phi) is 14.0. The van der Waals surface area contributed by atoms with Gasteiger partial charge in [-0.1, -0.05) is 0 Å². The monoisotopic (exact) mass is 458 g/mol. The summed E-state index contributed by atoms with van der Waals surface area (Å²) in [7, 11) is 7.43. The Labute approximate surface area is 163 Å². The van der Waals surface area contributed by atoms with Gasteiger partial charge < -0.3 is 29.7 Å². The third-order valence-corrected chi connectivity index (χ3v) is 4.31. The summed E-state index contributed by atoms with van der Waals surface area (Å²) in [5, 5.41) is 6.73. The van der Waals surface area contributed by atoms with Gasteiger partial charge in [-0.15, -0.1) is 24.0 Å². The second-order valence-corrected chi connectivity index (χ2v) is 6.00. The van der Waals surface area contributed by atoms with Crippen LogP contribution in [0.15, 0.2) is 4.99 Å². The van der Waals surface area contributed by atoms with E-state index in [0.717, 1.165) is 71.2 Å². The Morgan fingerprint density at radius 2 is 1.92 bits per heavy atom. The topological polar surface area (TPSA) is 67.4 Å². The average Bonchev–Trinajstić information content (AvgIpc) is 2.59. The molecular formula is C16H35IN4O3. The van der Waals surface area contributed by atoms with E-state index in [1.54, 1.807) is 21.3 Å². The minimum Gasteiger partial charge on any atom is -0.385 e. The van der Waals surface area contributed by atoms with Gasteiger partial charge in [0, 0.05) is 80.1 Å². The summed E-state index contributed by atoms with van der Waals surface area (Å²) >= 11 is 0. The number of hydrogen-bond donors (Lipinski definition) is 2. The lowest BCUT2D eigenvalue weighted by molar-refractivity contribution is -0.0855. The van der Waals surface area contributed by atoms with Crippen LogP contribution in [0.25, 0.3) is 0 Å². The van der Waals surface area contributed by atoms with Crippen LogP contribution in [0.2, 0.25) is 0 Å². The molecule has 144 valence electrons. The second-order valence-electron chi connectivity index (χ2n) is 6.00. The zero-order valence-corrected chi connectivity index (χ0v) is 17.9. The Balaban J connectivity index is 0.00000529. The van der Waals surface area contributed by atoms with Crippen molar-refractivity contribution >= 4 is 29.9 Å². The first-order valence-electron chi connectivity index (χ1n) is 8.40. The highest BCUT2D eigenvalue weighted by molar-refractivity contribution is 14.0. The van der Waals surface area contributed by atoms with Gasteiger partial charge in [0.05, 0.1) is 5.60 Å². The number of rotatable bonds is 10. The molecule has 1 aliphatic heterocycles. The third kappa shape index (κ3) is 9.36. The minimum absolute atomic E-state index is 0. The Morgan fingerprint density at radius 1 is 1.21 bits per heavy atom. The minimum atomic E-state index is -0.146. The van der Waals surface area contributed by atoms with Gasteiger partial charge in [0.25, 0.3) is 0 Å². The van der Waals surface area contributed by atoms with Gasteiger partial charge in [0.15, 0.2) is 5.96 Å². The molecule has 0 aromatic rings. The molecule has 0 aromatic carbocycles. The molecule has 0 amide bonds. The van der Waals surface area contributed by atoms with E-state index in [1.807, 2.05) is 0 Å². The maximum absolute atomic E-state index is 5.73. The molecule has 24 heavy (non-hydrogen) atoms. The van der Waals surface area contributed by atoms with Gasteiger partial charge in [0.1, 0.15) is 0 Å². The molecule has 0 atom stereocenters. The van der Waals surface area contributed by atoms with Crippen LogP contribution >= 0.6 is 24.0 Å². The highest BCUT2D eigenvalue weighted by atomic mass is 127. The molecule has 0 saturated carbocycles. The maximum atomic E-state index is 5.73. The van der Waals surface area contributed by atoms with E-state index < -0.39 is 0 Å². The summed E-state index contributed by atoms with van der Waals surface area (Å²) in [5.74, 6) is 0.818. The molecule has 0 bridgehead atoms. The standard InChI is InChI=1S/C16H34N4O3.HI/c1-17-15(18-8-10-20(2)9-5-11-21-3)19-14-16(22-4)6-12-23-13-7-16;/h5-14H2,1-4H3,(H2,17,18,19);1H. The average molecular weight is 458 g/mol. The highest BCUT2D eigenvalue weighted by Crippen LogP contribution is 2.23. The zero-order valence-electron chi connectivity index (χ0n) is 15.6. The zero-order chi connectivity index (χ0) is 17.0. The maximum Gasteiger partial charge on any atom is 0.191 e. The van der Waals surface area contributed by atoms with Crippen molar-refractivity contribution in [1.29, 1.82) is 0 Å². The predicted molar refractivity (Wildman–Crippen MR) is 109 cm³/mol. The summed E-state index contributed by atoms with van der Waals surface area (Å²) in [6.07, 6.45) is 2.88. The SMILES string of the molecule is CN=C(NCCN(C)CCCOC)NCC1(OC)CCOCC1.I. The molecule has 1 heterocycles. The van der Waals surface area contributed by atoms with Gasteiger partial charge >= 0.3 is 0 Å². The summed E-state index contributed by atoms with van der Waals surface area (Å²) in [5.41, 5.74) is -0.146. The van der Waals surface area contributed by atoms with E-state index in [4.69, 9.17) is 14.2 Å². The van der Waals surface area contributed by atoms with Crippen molar-refractivity contribution < 1.29 is 14.2 Å². The van der Waals surface area contributed by atoms with Crippen LogP contribution in [-0.4, -0.2) is 90.8 Å². The van der Waals surface area contributed by atoms with E-state index in [1.165, 1.54) is 0 Å². The van der Waals surface area contributed by atoms with Crippen molar-refractivity contribution in [2.75, 3.05) is 74.3 Å². The number of aliphatic imine (C=N–C) groups is 1. The van der Waals surface area contributed by atoms with Crippen LogP contribution in [0.5, 0.6) is 0 Å². The fourth-order valence-electron chi connectivity index (χ4n) is 2.62. The molecular weight excluding hydrogens is 423 g/mol. The fourth-order valence-corrected chi connectivity index (χ4v) is 2.62. The summed E-state index contributed by atoms with van der Waals surface area (Å²) < 4.78 is 16.2. The molecule has 0 radical (unpaired) electrons. The van der Waals surface area contributed by atoms with Crippen molar-refractivity contribution in [3.63, 3.8) is 0 Å². The molecule has 7 nitrogen and oxygen atoms in total. The lowest BCUT2D eigenvalue weighted by atomic mass is 9.94. The molecule has 1 saturated heterocycles. The summed E-state index contributed by atoms with van der Waals surface area (Å²) in [6, 6.07) is 0. The largest absolute Gasteiger partial charge is 0.385 e. The van der Waals surface area contributed by atoms with E-state index in [9.17, 15) is 0 Å². The normalized spacial score (nSPS) is 17.5. The van der Waals surface area contributed by atoms with E-state index >= 15 is 0 Å². The summed E-state index contributed by atoms with van der Waals surface area (Å²) in [6.45, 7) is 5.93. The molecule has 8 heteroatoms. The number of guanidine groups is 1. The van der Waals surface area contributed by atoms with Gasteiger partial charge in [-0.25, -0.2) is 0 Å². The van der Waals surface area contributed by atoms with Gasteiger partial charge in [0.2, 0.25) is 0 Å². The van der Waals surface area contributed by atoms with E-state index in [2.05, 4.69) is 27.6 Å². The van der Waals surface area contributed by atoms with Crippen molar-refractivity contribution in [2.45, 2.75) is 24.9 Å². The van der Waals surface area contributed by atoms with Gasteiger partial charge in [-0.3, -0.25) is 4.99 Å². The first kappa shape index (κ1) is 23.8. The number of hydrogen-bond acceptors (Lipinski definition) is 5. The number of likely N-dealkylation sites (N-methyl/N-ethyl adjacent to an activating group) is 1. The van der Waals surface area contributed by atoms with Crippen LogP contribution in [0.4, 0.5) is 0 Å². The molecule has 1 rings (SSSR count). The van der Waals surface area contributed by atoms with E-state index in [0.29, 0.717) is 0 Å². The third-order valence-electron chi connectivity index (χ3n) is 4.31. The van der Waals surface area contributed by atoms with Gasteiger partial charge in [-0.05, 0) is 13.5 Å². The Hall–Kier alpha value is -0.160. The van der Waals surface area contributed by atoms with Crippen molar-refractivity contribution in [3.05, 3.63) is 0 Å². The molecule has 1 fully saturated rings. The molecule has 0 aromatic heterocycles. The van der Waals surface area contributed by atoms with E-state index in [-0.39, 0.29) is 29.6 Å². The number of methoxy groups -OCH3 is 2. The van der Waals surface area contributed by atoms with Crippen LogP contribution in [-0.2, 0) is 14.2 Å². The Morgan fingerprint density at radius 3 is 2.50 bits per heavy atom. The summed E-state index contributed by atoms with van der Waals surface area (Å²) in [4.78, 5) is 6.57. The quantitative estimate of drug-likeness (QED) is 0.220. The predicted octanol–water partition coefficient (Wildman–Crippen LogP) is 0.933. The molecule has 0 aliphatic carbocycles. The van der Waals surface area contributed by atoms with Crippen LogP contribution < -0.4 is 10.6 Å². The van der Waals surface area contributed by atoms with Crippen molar-refractivity contribution in [1.82, 2.24) is 15.5 Å².